The molecule has 21 heavy (non-hydrogen) atoms. The average molecular weight is 288 g/mol. The lowest BCUT2D eigenvalue weighted by Gasteiger charge is -2.11. The van der Waals surface area contributed by atoms with Gasteiger partial charge >= 0.3 is 0 Å². The number of aryl methyl sites for hydroxylation is 1. The maximum absolute atomic E-state index is 12.3. The van der Waals surface area contributed by atoms with Crippen LogP contribution in [-0.2, 0) is 6.54 Å². The minimum absolute atomic E-state index is 0.134. The molecule has 0 bridgehead atoms. The maximum Gasteiger partial charge on any atom is 0.258 e. The first-order valence-electron chi connectivity index (χ1n) is 7.56. The van der Waals surface area contributed by atoms with E-state index in [0.717, 1.165) is 44.3 Å². The van der Waals surface area contributed by atoms with Gasteiger partial charge in [-0.1, -0.05) is 19.8 Å². The van der Waals surface area contributed by atoms with Gasteiger partial charge in [0, 0.05) is 12.7 Å². The molecule has 0 atom stereocenters. The van der Waals surface area contributed by atoms with Gasteiger partial charge in [-0.2, -0.15) is 10.1 Å². The molecule has 6 heteroatoms. The van der Waals surface area contributed by atoms with Crippen LogP contribution in [0.15, 0.2) is 17.1 Å². The Labute approximate surface area is 122 Å². The molecule has 3 rings (SSSR count). The highest BCUT2D eigenvalue weighted by Gasteiger charge is 2.25. The Morgan fingerprint density at radius 2 is 2.19 bits per heavy atom. The number of aromatic hydroxyl groups is 1. The maximum atomic E-state index is 12.3. The van der Waals surface area contributed by atoms with E-state index < -0.39 is 0 Å². The van der Waals surface area contributed by atoms with Crippen molar-refractivity contribution in [3.63, 3.8) is 0 Å². The number of hydrogen-bond acceptors (Lipinski definition) is 4. The first-order valence-corrected chi connectivity index (χ1v) is 7.56. The van der Waals surface area contributed by atoms with Crippen LogP contribution in [0, 0.1) is 0 Å². The first-order chi connectivity index (χ1) is 10.2. The summed E-state index contributed by atoms with van der Waals surface area (Å²) in [6.45, 7) is 2.81. The Hall–Kier alpha value is -2.11. The van der Waals surface area contributed by atoms with Crippen LogP contribution in [0.5, 0.6) is 5.88 Å². The molecule has 0 saturated heterocycles. The molecule has 2 N–H and O–H groups in total. The zero-order chi connectivity index (χ0) is 14.8. The zero-order valence-electron chi connectivity index (χ0n) is 12.2. The molecule has 1 aliphatic carbocycles. The minimum Gasteiger partial charge on any atom is -0.493 e. The van der Waals surface area contributed by atoms with Crippen LogP contribution in [0.3, 0.4) is 0 Å². The summed E-state index contributed by atoms with van der Waals surface area (Å²) in [6.07, 6.45) is 6.72. The smallest absolute Gasteiger partial charge is 0.258 e. The van der Waals surface area contributed by atoms with E-state index in [2.05, 4.69) is 22.0 Å². The summed E-state index contributed by atoms with van der Waals surface area (Å²) in [4.78, 5) is 19.3. The lowest BCUT2D eigenvalue weighted by atomic mass is 10.00. The van der Waals surface area contributed by atoms with Crippen LogP contribution in [0.25, 0.3) is 11.5 Å². The highest BCUT2D eigenvalue weighted by atomic mass is 16.3. The summed E-state index contributed by atoms with van der Waals surface area (Å²) in [5.74, 6) is 0.381. The van der Waals surface area contributed by atoms with E-state index >= 15 is 0 Å². The Balaban J connectivity index is 2.01. The number of hydrogen-bond donors (Lipinski definition) is 2. The molecule has 2 aromatic rings. The second-order valence-corrected chi connectivity index (χ2v) is 5.57. The molecule has 2 heterocycles. The fraction of sp³-hybridized carbons (Fsp3) is 0.533. The third kappa shape index (κ3) is 2.57. The monoisotopic (exact) mass is 288 g/mol. The lowest BCUT2D eigenvalue weighted by Crippen LogP contribution is -2.18. The van der Waals surface area contributed by atoms with Gasteiger partial charge in [0.1, 0.15) is 5.69 Å². The first kappa shape index (κ1) is 13.9. The van der Waals surface area contributed by atoms with Crippen molar-refractivity contribution in [2.75, 3.05) is 0 Å². The van der Waals surface area contributed by atoms with Crippen molar-refractivity contribution in [3.05, 3.63) is 28.2 Å². The Kier molecular flexibility index (Phi) is 3.77. The van der Waals surface area contributed by atoms with E-state index in [1.807, 2.05) is 0 Å². The summed E-state index contributed by atoms with van der Waals surface area (Å²) in [5.41, 5.74) is 0.939. The molecule has 0 amide bonds. The van der Waals surface area contributed by atoms with Gasteiger partial charge in [-0.25, -0.2) is 0 Å². The van der Waals surface area contributed by atoms with E-state index in [9.17, 15) is 9.90 Å². The molecular weight excluding hydrogens is 268 g/mol. The van der Waals surface area contributed by atoms with Crippen LogP contribution < -0.4 is 5.56 Å². The number of nitrogens with zero attached hydrogens (tertiary/aromatic N) is 3. The standard InChI is InChI=1S/C15H20N4O2/c1-2-9-19-11(7-8-16-19)13-17-14(20)12(15(21)18-13)10-5-3-4-6-10/h7-8,10H,2-6,9H2,1H3,(H2,17,18,20,21). The van der Waals surface area contributed by atoms with Crippen LogP contribution in [0.4, 0.5) is 0 Å². The summed E-state index contributed by atoms with van der Waals surface area (Å²) < 4.78 is 1.78. The quantitative estimate of drug-likeness (QED) is 0.905. The normalized spacial score (nSPS) is 15.7. The molecular formula is C15H20N4O2. The highest BCUT2D eigenvalue weighted by molar-refractivity contribution is 5.50. The van der Waals surface area contributed by atoms with E-state index in [1.54, 1.807) is 16.9 Å². The van der Waals surface area contributed by atoms with Gasteiger partial charge in [0.2, 0.25) is 5.88 Å². The van der Waals surface area contributed by atoms with Gasteiger partial charge in [-0.05, 0) is 31.2 Å². The molecule has 0 unspecified atom stereocenters. The van der Waals surface area contributed by atoms with E-state index in [0.29, 0.717) is 11.4 Å². The van der Waals surface area contributed by atoms with Crippen molar-refractivity contribution in [2.24, 2.45) is 0 Å². The van der Waals surface area contributed by atoms with Crippen LogP contribution >= 0.6 is 0 Å². The van der Waals surface area contributed by atoms with Crippen molar-refractivity contribution >= 4 is 0 Å². The molecule has 2 aromatic heterocycles. The number of aromatic nitrogens is 4. The van der Waals surface area contributed by atoms with Crippen LogP contribution in [0.2, 0.25) is 0 Å². The van der Waals surface area contributed by atoms with Gasteiger partial charge in [0.05, 0.1) is 5.56 Å². The predicted molar refractivity (Wildman–Crippen MR) is 79.2 cm³/mol. The van der Waals surface area contributed by atoms with Crippen molar-refractivity contribution in [3.8, 4) is 17.4 Å². The number of rotatable bonds is 4. The molecule has 0 spiro atoms. The van der Waals surface area contributed by atoms with Gasteiger partial charge in [-0.15, -0.1) is 0 Å². The molecule has 1 aliphatic rings. The Morgan fingerprint density at radius 3 is 2.86 bits per heavy atom. The number of nitrogens with one attached hydrogen (secondary N) is 1. The zero-order valence-corrected chi connectivity index (χ0v) is 12.2. The summed E-state index contributed by atoms with van der Waals surface area (Å²) in [5, 5.41) is 14.4. The summed E-state index contributed by atoms with van der Waals surface area (Å²) in [6, 6.07) is 1.79. The highest BCUT2D eigenvalue weighted by Crippen LogP contribution is 2.35. The van der Waals surface area contributed by atoms with Crippen molar-refractivity contribution in [1.29, 1.82) is 0 Å². The molecule has 6 nitrogen and oxygen atoms in total. The molecule has 1 fully saturated rings. The molecule has 0 radical (unpaired) electrons. The third-order valence-corrected chi connectivity index (χ3v) is 4.09. The summed E-state index contributed by atoms with van der Waals surface area (Å²) >= 11 is 0. The van der Waals surface area contributed by atoms with E-state index in [4.69, 9.17) is 0 Å². The second-order valence-electron chi connectivity index (χ2n) is 5.57. The van der Waals surface area contributed by atoms with E-state index in [1.165, 1.54) is 0 Å². The van der Waals surface area contributed by atoms with Crippen molar-refractivity contribution in [2.45, 2.75) is 51.5 Å². The van der Waals surface area contributed by atoms with Crippen LogP contribution in [-0.4, -0.2) is 24.9 Å². The van der Waals surface area contributed by atoms with Crippen molar-refractivity contribution in [1.82, 2.24) is 19.7 Å². The molecule has 0 aromatic carbocycles. The number of aromatic amines is 1. The average Bonchev–Trinajstić information content (AvgIpc) is 3.09. The van der Waals surface area contributed by atoms with Crippen molar-refractivity contribution < 1.29 is 5.11 Å². The topological polar surface area (TPSA) is 83.8 Å². The minimum atomic E-state index is -0.228. The van der Waals surface area contributed by atoms with Gasteiger partial charge < -0.3 is 10.1 Å². The largest absolute Gasteiger partial charge is 0.493 e. The lowest BCUT2D eigenvalue weighted by molar-refractivity contribution is 0.436. The predicted octanol–water partition coefficient (Wildman–Crippen LogP) is 2.41. The van der Waals surface area contributed by atoms with Gasteiger partial charge in [-0.3, -0.25) is 9.48 Å². The molecule has 0 aliphatic heterocycles. The van der Waals surface area contributed by atoms with E-state index in [-0.39, 0.29) is 17.4 Å². The Bertz CT molecular complexity index is 683. The summed E-state index contributed by atoms with van der Waals surface area (Å²) in [7, 11) is 0. The Morgan fingerprint density at radius 1 is 1.43 bits per heavy atom. The third-order valence-electron chi connectivity index (χ3n) is 4.09. The van der Waals surface area contributed by atoms with Gasteiger partial charge in [0.15, 0.2) is 5.82 Å². The molecule has 1 saturated carbocycles. The molecule has 112 valence electrons. The number of H-pyrrole nitrogens is 1. The SMILES string of the molecule is CCCn1nccc1-c1nc(O)c(C2CCCC2)c(=O)[nH]1. The fourth-order valence-electron chi connectivity index (χ4n) is 3.10. The second kappa shape index (κ2) is 5.71. The van der Waals surface area contributed by atoms with Crippen LogP contribution in [0.1, 0.15) is 50.5 Å². The fourth-order valence-corrected chi connectivity index (χ4v) is 3.10. The van der Waals surface area contributed by atoms with Gasteiger partial charge in [0.25, 0.3) is 5.56 Å².